The van der Waals surface area contributed by atoms with Crippen LogP contribution in [0.5, 0.6) is 0 Å². The van der Waals surface area contributed by atoms with Gasteiger partial charge in [-0.25, -0.2) is 4.98 Å². The number of aromatic nitrogens is 2. The monoisotopic (exact) mass is 358 g/mol. The van der Waals surface area contributed by atoms with Crippen LogP contribution >= 0.6 is 11.8 Å². The topological polar surface area (TPSA) is 87.1 Å². The summed E-state index contributed by atoms with van der Waals surface area (Å²) in [6, 6.07) is 7.81. The number of carboxylic acids is 1. The number of nitrogens with one attached hydrogen (secondary N) is 2. The largest absolute Gasteiger partial charge is 0.480 e. The first kappa shape index (κ1) is 17.9. The average molecular weight is 358 g/mol. The van der Waals surface area contributed by atoms with Crippen LogP contribution in [0.25, 0.3) is 0 Å². The van der Waals surface area contributed by atoms with E-state index in [1.54, 1.807) is 18.2 Å². The molecule has 0 amide bonds. The molecule has 6 nitrogen and oxygen atoms in total. The third-order valence-electron chi connectivity index (χ3n) is 2.78. The molecule has 10 heteroatoms. The van der Waals surface area contributed by atoms with Crippen LogP contribution in [0.2, 0.25) is 0 Å². The first-order chi connectivity index (χ1) is 11.3. The predicted molar refractivity (Wildman–Crippen MR) is 84.7 cm³/mol. The van der Waals surface area contributed by atoms with E-state index < -0.39 is 30.3 Å². The maximum absolute atomic E-state index is 13.0. The molecule has 2 aromatic rings. The van der Waals surface area contributed by atoms with Gasteiger partial charge in [0.25, 0.3) is 0 Å². The Bertz CT molecular complexity index is 740. The van der Waals surface area contributed by atoms with Gasteiger partial charge in [-0.15, -0.1) is 11.8 Å². The Morgan fingerprint density at radius 1 is 1.29 bits per heavy atom. The van der Waals surface area contributed by atoms with Gasteiger partial charge in [0.05, 0.1) is 5.69 Å². The summed E-state index contributed by atoms with van der Waals surface area (Å²) in [6.07, 6.45) is -2.85. The van der Waals surface area contributed by atoms with Gasteiger partial charge in [-0.1, -0.05) is 12.1 Å². The Hall–Kier alpha value is -2.49. The highest BCUT2D eigenvalue weighted by molar-refractivity contribution is 7.98. The minimum Gasteiger partial charge on any atom is -0.480 e. The minimum absolute atomic E-state index is 0.0910. The van der Waals surface area contributed by atoms with Gasteiger partial charge in [0.15, 0.2) is 5.69 Å². The van der Waals surface area contributed by atoms with E-state index in [1.807, 2.05) is 12.3 Å². The van der Waals surface area contributed by atoms with Crippen molar-refractivity contribution < 1.29 is 23.1 Å². The van der Waals surface area contributed by atoms with Crippen molar-refractivity contribution in [3.8, 4) is 0 Å². The molecule has 0 aliphatic carbocycles. The lowest BCUT2D eigenvalue weighted by molar-refractivity contribution is -0.141. The molecule has 0 spiro atoms. The van der Waals surface area contributed by atoms with Crippen LogP contribution in [-0.2, 0) is 11.0 Å². The fraction of sp³-hybridized carbons (Fsp3) is 0.214. The Kier molecular flexibility index (Phi) is 5.50. The van der Waals surface area contributed by atoms with Gasteiger partial charge in [-0.3, -0.25) is 4.79 Å². The van der Waals surface area contributed by atoms with Crippen LogP contribution in [0.4, 0.5) is 30.6 Å². The molecule has 24 heavy (non-hydrogen) atoms. The summed E-state index contributed by atoms with van der Waals surface area (Å²) >= 11 is 1.42. The zero-order valence-corrected chi connectivity index (χ0v) is 13.2. The molecular formula is C14H13F3N4O2S. The summed E-state index contributed by atoms with van der Waals surface area (Å²) in [5.41, 5.74) is -0.587. The molecule has 0 bridgehead atoms. The number of hydrogen-bond donors (Lipinski definition) is 3. The number of aliphatic carboxylic acids is 1. The van der Waals surface area contributed by atoms with Gasteiger partial charge >= 0.3 is 12.1 Å². The standard InChI is InChI=1S/C14H13F3N4O2S/c1-24-9-5-3-2-4-8(9)19-11-6-10(14(15,16)17)20-13(21-11)18-7-12(22)23/h2-6H,7H2,1H3,(H,22,23)(H2,18,19,20,21). The van der Waals surface area contributed by atoms with Gasteiger partial charge < -0.3 is 15.7 Å². The van der Waals surface area contributed by atoms with E-state index in [0.717, 1.165) is 11.0 Å². The van der Waals surface area contributed by atoms with Crippen molar-refractivity contribution in [2.45, 2.75) is 11.1 Å². The first-order valence-electron chi connectivity index (χ1n) is 6.61. The van der Waals surface area contributed by atoms with Crippen LogP contribution in [0, 0.1) is 0 Å². The molecule has 1 aromatic heterocycles. The molecule has 1 aromatic carbocycles. The SMILES string of the molecule is CSc1ccccc1Nc1cc(C(F)(F)F)nc(NCC(=O)O)n1. The maximum atomic E-state index is 13.0. The maximum Gasteiger partial charge on any atom is 0.433 e. The van der Waals surface area contributed by atoms with E-state index >= 15 is 0 Å². The molecule has 0 saturated carbocycles. The third kappa shape index (κ3) is 4.75. The van der Waals surface area contributed by atoms with Crippen LogP contribution in [0.15, 0.2) is 35.2 Å². The lowest BCUT2D eigenvalue weighted by Gasteiger charge is -2.13. The number of alkyl halides is 3. The summed E-state index contributed by atoms with van der Waals surface area (Å²) in [5.74, 6) is -1.75. The molecule has 0 aliphatic rings. The van der Waals surface area contributed by atoms with Crippen molar-refractivity contribution in [3.05, 3.63) is 36.0 Å². The summed E-state index contributed by atoms with van der Waals surface area (Å²) < 4.78 is 38.9. The number of hydrogen-bond acceptors (Lipinski definition) is 6. The van der Waals surface area contributed by atoms with Crippen molar-refractivity contribution in [1.82, 2.24) is 9.97 Å². The number of carboxylic acid groups (broad SMARTS) is 1. The smallest absolute Gasteiger partial charge is 0.433 e. The van der Waals surface area contributed by atoms with Gasteiger partial charge in [0.2, 0.25) is 5.95 Å². The number of halogens is 3. The number of anilines is 3. The molecule has 2 rings (SSSR count). The van der Waals surface area contributed by atoms with E-state index in [0.29, 0.717) is 5.69 Å². The lowest BCUT2D eigenvalue weighted by atomic mass is 10.3. The first-order valence-corrected chi connectivity index (χ1v) is 7.84. The Labute approximate surface area is 139 Å². The van der Waals surface area contributed by atoms with E-state index in [9.17, 15) is 18.0 Å². The Balaban J connectivity index is 2.37. The number of para-hydroxylation sites is 1. The van der Waals surface area contributed by atoms with Crippen molar-refractivity contribution >= 4 is 35.2 Å². The van der Waals surface area contributed by atoms with Crippen LogP contribution in [0.1, 0.15) is 5.69 Å². The van der Waals surface area contributed by atoms with Gasteiger partial charge in [0, 0.05) is 11.0 Å². The van der Waals surface area contributed by atoms with Gasteiger partial charge in [-0.05, 0) is 18.4 Å². The summed E-state index contributed by atoms with van der Waals surface area (Å²) in [7, 11) is 0. The summed E-state index contributed by atoms with van der Waals surface area (Å²) in [4.78, 5) is 18.6. The highest BCUT2D eigenvalue weighted by Crippen LogP contribution is 2.32. The lowest BCUT2D eigenvalue weighted by Crippen LogP contribution is -2.17. The Morgan fingerprint density at radius 3 is 2.62 bits per heavy atom. The summed E-state index contributed by atoms with van der Waals surface area (Å²) in [6.45, 7) is -0.595. The molecule has 0 saturated heterocycles. The molecule has 0 aliphatic heterocycles. The van der Waals surface area contributed by atoms with E-state index in [2.05, 4.69) is 20.6 Å². The van der Waals surface area contributed by atoms with Crippen LogP contribution in [-0.4, -0.2) is 33.8 Å². The molecule has 128 valence electrons. The van der Waals surface area contributed by atoms with Crippen molar-refractivity contribution in [1.29, 1.82) is 0 Å². The van der Waals surface area contributed by atoms with Crippen LogP contribution < -0.4 is 10.6 Å². The van der Waals surface area contributed by atoms with Gasteiger partial charge in [0.1, 0.15) is 12.4 Å². The summed E-state index contributed by atoms with van der Waals surface area (Å²) in [5, 5.41) is 13.7. The zero-order valence-electron chi connectivity index (χ0n) is 12.4. The van der Waals surface area contributed by atoms with Crippen molar-refractivity contribution in [2.24, 2.45) is 0 Å². The van der Waals surface area contributed by atoms with Gasteiger partial charge in [-0.2, -0.15) is 18.2 Å². The normalized spacial score (nSPS) is 11.2. The number of carbonyl (C=O) groups is 1. The van der Waals surface area contributed by atoms with E-state index in [4.69, 9.17) is 5.11 Å². The quantitative estimate of drug-likeness (QED) is 0.682. The molecule has 0 unspecified atom stereocenters. The van der Waals surface area contributed by atoms with E-state index in [-0.39, 0.29) is 5.82 Å². The second-order valence-electron chi connectivity index (χ2n) is 4.53. The molecule has 1 heterocycles. The van der Waals surface area contributed by atoms with Crippen molar-refractivity contribution in [2.75, 3.05) is 23.4 Å². The highest BCUT2D eigenvalue weighted by Gasteiger charge is 2.33. The number of rotatable bonds is 6. The van der Waals surface area contributed by atoms with E-state index in [1.165, 1.54) is 11.8 Å². The molecule has 3 N–H and O–H groups in total. The number of nitrogens with zero attached hydrogens (tertiary/aromatic N) is 2. The second kappa shape index (κ2) is 7.39. The van der Waals surface area contributed by atoms with Crippen LogP contribution in [0.3, 0.4) is 0 Å². The average Bonchev–Trinajstić information content (AvgIpc) is 2.52. The van der Waals surface area contributed by atoms with Crippen molar-refractivity contribution in [3.63, 3.8) is 0 Å². The second-order valence-corrected chi connectivity index (χ2v) is 5.38. The molecule has 0 atom stereocenters. The molecule has 0 radical (unpaired) electrons. The molecule has 0 fully saturated rings. The third-order valence-corrected chi connectivity index (χ3v) is 3.58. The number of benzene rings is 1. The fourth-order valence-electron chi connectivity index (χ4n) is 1.78. The minimum atomic E-state index is -4.68. The number of thioether (sulfide) groups is 1. The molecular weight excluding hydrogens is 345 g/mol. The fourth-order valence-corrected chi connectivity index (χ4v) is 2.33. The zero-order chi connectivity index (χ0) is 17.7. The highest BCUT2D eigenvalue weighted by atomic mass is 32.2. The Morgan fingerprint density at radius 2 is 2.00 bits per heavy atom. The predicted octanol–water partition coefficient (Wildman–Crippen LogP) is 3.46.